The average Bonchev–Trinajstić information content (AvgIpc) is 3.03. The molecule has 0 amide bonds. The van der Waals surface area contributed by atoms with E-state index in [1.165, 1.54) is 6.08 Å². The van der Waals surface area contributed by atoms with Gasteiger partial charge in [0.25, 0.3) is 5.22 Å². The lowest BCUT2D eigenvalue weighted by atomic mass is 10.2. The number of carboxylic acid groups (broad SMARTS) is 1. The van der Waals surface area contributed by atoms with E-state index in [4.69, 9.17) is 27.6 Å². The Morgan fingerprint density at radius 1 is 1.12 bits per heavy atom. The van der Waals surface area contributed by atoms with Gasteiger partial charge >= 0.3 is 5.97 Å². The molecule has 2 aromatic carbocycles. The molecule has 0 atom stereocenters. The number of carbonyl (C=O) groups is 1. The summed E-state index contributed by atoms with van der Waals surface area (Å²) in [6.07, 6.45) is 1.48. The zero-order valence-electron chi connectivity index (χ0n) is 12.5. The highest BCUT2D eigenvalue weighted by molar-refractivity contribution is 8.03. The second-order valence-electron chi connectivity index (χ2n) is 4.82. The van der Waals surface area contributed by atoms with Gasteiger partial charge in [0.1, 0.15) is 4.91 Å². The van der Waals surface area contributed by atoms with Gasteiger partial charge in [-0.1, -0.05) is 47.5 Å². The topological polar surface area (TPSA) is 76.2 Å². The van der Waals surface area contributed by atoms with E-state index < -0.39 is 5.97 Å². The van der Waals surface area contributed by atoms with Crippen molar-refractivity contribution >= 4 is 47.0 Å². The molecule has 0 aliphatic rings. The van der Waals surface area contributed by atoms with Gasteiger partial charge in [-0.05, 0) is 47.7 Å². The lowest BCUT2D eigenvalue weighted by Gasteiger charge is -2.00. The third kappa shape index (κ3) is 4.42. The van der Waals surface area contributed by atoms with Gasteiger partial charge in [0.05, 0.1) is 10.6 Å². The lowest BCUT2D eigenvalue weighted by Crippen LogP contribution is -1.96. The molecule has 1 N–H and O–H groups in total. The Balaban J connectivity index is 1.87. The van der Waals surface area contributed by atoms with E-state index in [1.807, 2.05) is 0 Å². The minimum absolute atomic E-state index is 0.0247. The first-order valence-corrected chi connectivity index (χ1v) is 8.57. The third-order valence-corrected chi connectivity index (χ3v) is 4.48. The summed E-state index contributed by atoms with van der Waals surface area (Å²) in [7, 11) is 0. The number of hydrogen-bond acceptors (Lipinski definition) is 5. The lowest BCUT2D eigenvalue weighted by molar-refractivity contribution is -0.131. The van der Waals surface area contributed by atoms with Crippen LogP contribution in [0.3, 0.4) is 0 Å². The number of hydrogen-bond donors (Lipinski definition) is 1. The number of halogens is 2. The maximum atomic E-state index is 11.5. The van der Waals surface area contributed by atoms with Gasteiger partial charge in [0.2, 0.25) is 5.89 Å². The number of nitrogens with zero attached hydrogens (tertiary/aromatic N) is 2. The van der Waals surface area contributed by atoms with Crippen molar-refractivity contribution in [1.29, 1.82) is 0 Å². The van der Waals surface area contributed by atoms with Crippen LogP contribution in [0, 0.1) is 0 Å². The minimum Gasteiger partial charge on any atom is -0.477 e. The Bertz CT molecular complexity index is 956. The van der Waals surface area contributed by atoms with Gasteiger partial charge in [0.15, 0.2) is 0 Å². The second kappa shape index (κ2) is 7.74. The molecular formula is C17H10Cl2N2O3S. The van der Waals surface area contributed by atoms with E-state index >= 15 is 0 Å². The van der Waals surface area contributed by atoms with E-state index in [1.54, 1.807) is 48.5 Å². The third-order valence-electron chi connectivity index (χ3n) is 3.07. The smallest absolute Gasteiger partial charge is 0.342 e. The number of carboxylic acids is 1. The van der Waals surface area contributed by atoms with Crippen molar-refractivity contribution in [3.8, 4) is 11.5 Å². The van der Waals surface area contributed by atoms with Crippen LogP contribution in [0.5, 0.6) is 0 Å². The van der Waals surface area contributed by atoms with E-state index in [2.05, 4.69) is 10.2 Å². The molecule has 8 heteroatoms. The molecular weight excluding hydrogens is 383 g/mol. The van der Waals surface area contributed by atoms with Gasteiger partial charge in [-0.2, -0.15) is 0 Å². The molecule has 0 aliphatic carbocycles. The van der Waals surface area contributed by atoms with E-state index in [9.17, 15) is 9.90 Å². The molecule has 126 valence electrons. The van der Waals surface area contributed by atoms with Crippen LogP contribution in [0.25, 0.3) is 17.5 Å². The molecule has 1 aromatic heterocycles. The Morgan fingerprint density at radius 3 is 2.64 bits per heavy atom. The monoisotopic (exact) mass is 392 g/mol. The predicted molar refractivity (Wildman–Crippen MR) is 97.7 cm³/mol. The molecule has 0 radical (unpaired) electrons. The Kier molecular flexibility index (Phi) is 5.43. The standard InChI is InChI=1S/C17H10Cl2N2O3S/c18-11-5-3-4-10(8-11)9-14(16(22)23)25-17-21-20-15(24-17)12-6-1-2-7-13(12)19/h1-9H,(H,22,23)/b14-9+. The maximum absolute atomic E-state index is 11.5. The van der Waals surface area contributed by atoms with Crippen LogP contribution >= 0.6 is 35.0 Å². The zero-order chi connectivity index (χ0) is 17.8. The Labute approximate surface area is 157 Å². The van der Waals surface area contributed by atoms with Crippen molar-refractivity contribution < 1.29 is 14.3 Å². The molecule has 0 fully saturated rings. The first-order valence-electron chi connectivity index (χ1n) is 7.00. The summed E-state index contributed by atoms with van der Waals surface area (Å²) in [6, 6.07) is 13.9. The molecule has 0 saturated heterocycles. The zero-order valence-corrected chi connectivity index (χ0v) is 14.8. The Hall–Kier alpha value is -2.28. The van der Waals surface area contributed by atoms with Crippen LogP contribution in [-0.4, -0.2) is 21.3 Å². The normalized spacial score (nSPS) is 11.5. The Morgan fingerprint density at radius 2 is 1.92 bits per heavy atom. The average molecular weight is 393 g/mol. The van der Waals surface area contributed by atoms with Crippen molar-refractivity contribution in [2.24, 2.45) is 0 Å². The highest BCUT2D eigenvalue weighted by Gasteiger charge is 2.17. The van der Waals surface area contributed by atoms with Crippen molar-refractivity contribution in [3.63, 3.8) is 0 Å². The fraction of sp³-hybridized carbons (Fsp3) is 0. The molecule has 3 rings (SSSR count). The number of aliphatic carboxylic acids is 1. The summed E-state index contributed by atoms with van der Waals surface area (Å²) in [5.41, 5.74) is 1.24. The number of rotatable bonds is 5. The van der Waals surface area contributed by atoms with Crippen LogP contribution in [-0.2, 0) is 4.79 Å². The van der Waals surface area contributed by atoms with Gasteiger partial charge in [-0.3, -0.25) is 0 Å². The fourth-order valence-electron chi connectivity index (χ4n) is 1.97. The highest BCUT2D eigenvalue weighted by atomic mass is 35.5. The molecule has 0 saturated carbocycles. The number of aromatic nitrogens is 2. The SMILES string of the molecule is O=C(O)/C(=C\c1cccc(Cl)c1)Sc1nnc(-c2ccccc2Cl)o1. The van der Waals surface area contributed by atoms with Crippen molar-refractivity contribution in [3.05, 3.63) is 69.0 Å². The van der Waals surface area contributed by atoms with Crippen molar-refractivity contribution in [2.75, 3.05) is 0 Å². The largest absolute Gasteiger partial charge is 0.477 e. The van der Waals surface area contributed by atoms with Crippen LogP contribution in [0.15, 0.2) is 63.1 Å². The van der Waals surface area contributed by atoms with E-state index in [0.717, 1.165) is 11.8 Å². The number of thioether (sulfide) groups is 1. The summed E-state index contributed by atoms with van der Waals surface area (Å²) in [6.45, 7) is 0. The molecule has 1 heterocycles. The van der Waals surface area contributed by atoms with Gasteiger partial charge in [-0.15, -0.1) is 10.2 Å². The first kappa shape index (κ1) is 17.5. The molecule has 3 aromatic rings. The summed E-state index contributed by atoms with van der Waals surface area (Å²) in [4.78, 5) is 11.5. The minimum atomic E-state index is -1.11. The van der Waals surface area contributed by atoms with E-state index in [0.29, 0.717) is 21.2 Å². The number of benzene rings is 2. The molecule has 0 unspecified atom stereocenters. The van der Waals surface area contributed by atoms with Gasteiger partial charge in [-0.25, -0.2) is 4.79 Å². The fourth-order valence-corrected chi connectivity index (χ4v) is 3.06. The summed E-state index contributed by atoms with van der Waals surface area (Å²) in [5, 5.41) is 18.3. The van der Waals surface area contributed by atoms with Gasteiger partial charge < -0.3 is 9.52 Å². The molecule has 0 spiro atoms. The first-order chi connectivity index (χ1) is 12.0. The molecule has 5 nitrogen and oxygen atoms in total. The predicted octanol–water partition coefficient (Wildman–Crippen LogP) is 5.26. The maximum Gasteiger partial charge on any atom is 0.342 e. The van der Waals surface area contributed by atoms with Crippen LogP contribution in [0.1, 0.15) is 5.56 Å². The van der Waals surface area contributed by atoms with Crippen molar-refractivity contribution in [1.82, 2.24) is 10.2 Å². The molecule has 0 aliphatic heterocycles. The summed E-state index contributed by atoms with van der Waals surface area (Å²) < 4.78 is 5.52. The highest BCUT2D eigenvalue weighted by Crippen LogP contribution is 2.32. The van der Waals surface area contributed by atoms with Crippen molar-refractivity contribution in [2.45, 2.75) is 5.22 Å². The quantitative estimate of drug-likeness (QED) is 0.471. The van der Waals surface area contributed by atoms with Crippen LogP contribution in [0.4, 0.5) is 0 Å². The second-order valence-corrected chi connectivity index (χ2v) is 6.66. The summed E-state index contributed by atoms with van der Waals surface area (Å²) in [5.74, 6) is -0.886. The summed E-state index contributed by atoms with van der Waals surface area (Å²) >= 11 is 12.9. The van der Waals surface area contributed by atoms with Crippen LogP contribution in [0.2, 0.25) is 10.0 Å². The molecule has 0 bridgehead atoms. The van der Waals surface area contributed by atoms with E-state index in [-0.39, 0.29) is 16.0 Å². The molecule has 25 heavy (non-hydrogen) atoms. The van der Waals surface area contributed by atoms with Crippen LogP contribution < -0.4 is 0 Å². The van der Waals surface area contributed by atoms with Gasteiger partial charge in [0, 0.05) is 5.02 Å².